The highest BCUT2D eigenvalue weighted by Crippen LogP contribution is 2.41. The molecule has 88 valence electrons. The van der Waals surface area contributed by atoms with Gasteiger partial charge in [-0.15, -0.1) is 11.6 Å². The maximum Gasteiger partial charge on any atom is 0.0252 e. The van der Waals surface area contributed by atoms with Gasteiger partial charge in [0.1, 0.15) is 0 Å². The Morgan fingerprint density at radius 1 is 1.20 bits per heavy atom. The van der Waals surface area contributed by atoms with Gasteiger partial charge in [0.2, 0.25) is 0 Å². The summed E-state index contributed by atoms with van der Waals surface area (Å²) in [4.78, 5) is 2.69. The lowest BCUT2D eigenvalue weighted by Crippen LogP contribution is -2.40. The van der Waals surface area contributed by atoms with E-state index in [1.54, 1.807) is 0 Å². The zero-order valence-electron chi connectivity index (χ0n) is 9.97. The first-order valence-corrected chi connectivity index (χ1v) is 7.04. The Morgan fingerprint density at radius 3 is 2.60 bits per heavy atom. The van der Waals surface area contributed by atoms with Crippen LogP contribution >= 0.6 is 11.6 Å². The molecule has 1 saturated heterocycles. The second-order valence-electron chi connectivity index (χ2n) is 5.89. The van der Waals surface area contributed by atoms with Gasteiger partial charge in [0.15, 0.2) is 0 Å². The van der Waals surface area contributed by atoms with E-state index in [-0.39, 0.29) is 0 Å². The average molecular weight is 230 g/mol. The van der Waals surface area contributed by atoms with Crippen LogP contribution in [0.25, 0.3) is 0 Å². The molecule has 2 rings (SSSR count). The molecule has 2 fully saturated rings. The van der Waals surface area contributed by atoms with Crippen molar-refractivity contribution in [3.8, 4) is 0 Å². The fourth-order valence-corrected chi connectivity index (χ4v) is 3.32. The van der Waals surface area contributed by atoms with Gasteiger partial charge in [0, 0.05) is 12.4 Å². The summed E-state index contributed by atoms with van der Waals surface area (Å²) in [5.41, 5.74) is 0.654. The van der Waals surface area contributed by atoms with Crippen LogP contribution in [0.15, 0.2) is 0 Å². The van der Waals surface area contributed by atoms with Gasteiger partial charge in [-0.05, 0) is 56.5 Å². The highest BCUT2D eigenvalue weighted by molar-refractivity contribution is 6.18. The smallest absolute Gasteiger partial charge is 0.0252 e. The van der Waals surface area contributed by atoms with Gasteiger partial charge < -0.3 is 4.90 Å². The van der Waals surface area contributed by atoms with Crippen LogP contribution in [0.5, 0.6) is 0 Å². The van der Waals surface area contributed by atoms with Crippen molar-refractivity contribution in [2.24, 2.45) is 11.3 Å². The molecule has 0 amide bonds. The molecule has 0 spiro atoms. The Morgan fingerprint density at radius 2 is 2.00 bits per heavy atom. The number of likely N-dealkylation sites (tertiary alicyclic amines) is 1. The molecule has 0 aromatic rings. The number of hydrogen-bond acceptors (Lipinski definition) is 1. The summed E-state index contributed by atoms with van der Waals surface area (Å²) in [7, 11) is 0. The van der Waals surface area contributed by atoms with Crippen molar-refractivity contribution in [1.82, 2.24) is 4.90 Å². The van der Waals surface area contributed by atoms with Crippen molar-refractivity contribution in [2.45, 2.75) is 45.4 Å². The van der Waals surface area contributed by atoms with Crippen molar-refractivity contribution in [1.29, 1.82) is 0 Å². The van der Waals surface area contributed by atoms with Crippen molar-refractivity contribution >= 4 is 11.6 Å². The number of nitrogens with zero attached hydrogens (tertiary/aromatic N) is 1. The first kappa shape index (κ1) is 11.7. The van der Waals surface area contributed by atoms with E-state index in [0.29, 0.717) is 5.41 Å². The summed E-state index contributed by atoms with van der Waals surface area (Å²) in [5.74, 6) is 1.65. The fraction of sp³-hybridized carbons (Fsp3) is 1.00. The van der Waals surface area contributed by atoms with E-state index in [0.717, 1.165) is 11.8 Å². The van der Waals surface area contributed by atoms with Crippen LogP contribution in [0.4, 0.5) is 0 Å². The van der Waals surface area contributed by atoms with E-state index in [9.17, 15) is 0 Å². The topological polar surface area (TPSA) is 3.24 Å². The van der Waals surface area contributed by atoms with Gasteiger partial charge in [-0.1, -0.05) is 13.3 Å². The van der Waals surface area contributed by atoms with Crippen molar-refractivity contribution < 1.29 is 0 Å². The van der Waals surface area contributed by atoms with Gasteiger partial charge in [-0.3, -0.25) is 0 Å². The molecule has 0 radical (unpaired) electrons. The molecule has 1 heterocycles. The quantitative estimate of drug-likeness (QED) is 0.670. The summed E-state index contributed by atoms with van der Waals surface area (Å²) in [6.07, 6.45) is 8.36. The average Bonchev–Trinajstić information content (AvgIpc) is 2.41. The molecule has 0 N–H and O–H groups in total. The van der Waals surface area contributed by atoms with Crippen LogP contribution in [-0.4, -0.2) is 30.4 Å². The van der Waals surface area contributed by atoms with E-state index >= 15 is 0 Å². The maximum absolute atomic E-state index is 5.95. The first-order valence-electron chi connectivity index (χ1n) is 6.50. The van der Waals surface area contributed by atoms with Gasteiger partial charge in [-0.2, -0.15) is 0 Å². The van der Waals surface area contributed by atoms with Crippen LogP contribution in [0.2, 0.25) is 0 Å². The lowest BCUT2D eigenvalue weighted by Gasteiger charge is -2.42. The molecular weight excluding hydrogens is 206 g/mol. The molecule has 2 aliphatic rings. The monoisotopic (exact) mass is 229 g/mol. The lowest BCUT2D eigenvalue weighted by molar-refractivity contribution is 0.0867. The third-order valence-electron chi connectivity index (χ3n) is 4.32. The number of halogens is 1. The molecule has 0 aromatic carbocycles. The minimum atomic E-state index is 0.654. The van der Waals surface area contributed by atoms with E-state index in [1.807, 2.05) is 0 Å². The lowest BCUT2D eigenvalue weighted by atomic mass is 9.70. The normalized spacial score (nSPS) is 32.0. The highest BCUT2D eigenvalue weighted by atomic mass is 35.5. The fourth-order valence-electron chi connectivity index (χ4n) is 3.02. The second-order valence-corrected chi connectivity index (χ2v) is 6.20. The largest absolute Gasteiger partial charge is 0.303 e. The SMILES string of the molecule is CC1(CN2CCCC(CCl)CC2)CCC1. The van der Waals surface area contributed by atoms with Crippen LogP contribution < -0.4 is 0 Å². The summed E-state index contributed by atoms with van der Waals surface area (Å²) < 4.78 is 0. The summed E-state index contributed by atoms with van der Waals surface area (Å²) in [6, 6.07) is 0. The van der Waals surface area contributed by atoms with Crippen LogP contribution in [0, 0.1) is 11.3 Å². The maximum atomic E-state index is 5.95. The molecule has 2 heteroatoms. The summed E-state index contributed by atoms with van der Waals surface area (Å²) in [6.45, 7) is 6.39. The van der Waals surface area contributed by atoms with E-state index < -0.39 is 0 Å². The Kier molecular flexibility index (Phi) is 3.95. The molecule has 15 heavy (non-hydrogen) atoms. The van der Waals surface area contributed by atoms with Crippen molar-refractivity contribution in [3.63, 3.8) is 0 Å². The predicted octanol–water partition coefficient (Wildman–Crippen LogP) is 3.52. The molecule has 1 nitrogen and oxygen atoms in total. The van der Waals surface area contributed by atoms with E-state index in [4.69, 9.17) is 11.6 Å². The highest BCUT2D eigenvalue weighted by Gasteiger charge is 2.33. The van der Waals surface area contributed by atoms with Crippen LogP contribution in [0.3, 0.4) is 0 Å². The molecule has 0 aromatic heterocycles. The molecule has 1 unspecified atom stereocenters. The molecule has 1 aliphatic carbocycles. The van der Waals surface area contributed by atoms with Crippen molar-refractivity contribution in [2.75, 3.05) is 25.5 Å². The Balaban J connectivity index is 1.78. The summed E-state index contributed by atoms with van der Waals surface area (Å²) in [5, 5.41) is 0. The zero-order valence-corrected chi connectivity index (χ0v) is 10.7. The molecule has 1 atom stereocenters. The molecule has 1 aliphatic heterocycles. The second kappa shape index (κ2) is 5.05. The van der Waals surface area contributed by atoms with E-state index in [1.165, 1.54) is 58.2 Å². The van der Waals surface area contributed by atoms with E-state index in [2.05, 4.69) is 11.8 Å². The first-order chi connectivity index (χ1) is 7.22. The number of alkyl halides is 1. The third-order valence-corrected chi connectivity index (χ3v) is 4.76. The Labute approximate surface area is 99.2 Å². The zero-order chi connectivity index (χ0) is 10.7. The predicted molar refractivity (Wildman–Crippen MR) is 66.5 cm³/mol. The summed E-state index contributed by atoms with van der Waals surface area (Å²) >= 11 is 5.95. The van der Waals surface area contributed by atoms with Crippen LogP contribution in [-0.2, 0) is 0 Å². The number of rotatable bonds is 3. The molecular formula is C13H24ClN. The third kappa shape index (κ3) is 3.10. The Hall–Kier alpha value is 0.250. The number of hydrogen-bond donors (Lipinski definition) is 0. The van der Waals surface area contributed by atoms with Crippen LogP contribution in [0.1, 0.15) is 45.4 Å². The van der Waals surface area contributed by atoms with Gasteiger partial charge in [-0.25, -0.2) is 0 Å². The van der Waals surface area contributed by atoms with Gasteiger partial charge >= 0.3 is 0 Å². The Bertz CT molecular complexity index is 201. The molecule has 0 bridgehead atoms. The molecule has 1 saturated carbocycles. The van der Waals surface area contributed by atoms with Gasteiger partial charge in [0.25, 0.3) is 0 Å². The minimum absolute atomic E-state index is 0.654. The van der Waals surface area contributed by atoms with Gasteiger partial charge in [0.05, 0.1) is 0 Å². The van der Waals surface area contributed by atoms with Crippen molar-refractivity contribution in [3.05, 3.63) is 0 Å². The standard InChI is InChI=1S/C13H24ClN/c1-13(6-3-7-13)11-15-8-2-4-12(10-14)5-9-15/h12H,2-11H2,1H3. The minimum Gasteiger partial charge on any atom is -0.303 e.